The van der Waals surface area contributed by atoms with Gasteiger partial charge in [0.1, 0.15) is 0 Å². The number of hydrogen-bond acceptors (Lipinski definition) is 3. The summed E-state index contributed by atoms with van der Waals surface area (Å²) < 4.78 is 3.08. The Morgan fingerprint density at radius 3 is 2.76 bits per heavy atom. The number of halogens is 1. The highest BCUT2D eigenvalue weighted by molar-refractivity contribution is 9.10. The largest absolute Gasteiger partial charge is 0.304 e. The van der Waals surface area contributed by atoms with Gasteiger partial charge in [-0.1, -0.05) is 13.0 Å². The first kappa shape index (κ1) is 16.2. The molecule has 21 heavy (non-hydrogen) atoms. The van der Waals surface area contributed by atoms with Gasteiger partial charge >= 0.3 is 0 Å². The lowest BCUT2D eigenvalue weighted by Gasteiger charge is -2.23. The SMILES string of the molecule is CCCNC(c1ncccc1C)c1c(Br)cnn1C(C)C. The highest BCUT2D eigenvalue weighted by Gasteiger charge is 2.24. The van der Waals surface area contributed by atoms with Crippen LogP contribution in [-0.4, -0.2) is 21.3 Å². The van der Waals surface area contributed by atoms with Gasteiger partial charge in [-0.3, -0.25) is 9.67 Å². The Kier molecular flexibility index (Phi) is 5.53. The highest BCUT2D eigenvalue weighted by Crippen LogP contribution is 2.30. The summed E-state index contributed by atoms with van der Waals surface area (Å²) in [5.41, 5.74) is 3.39. The van der Waals surface area contributed by atoms with Gasteiger partial charge in [0, 0.05) is 12.2 Å². The van der Waals surface area contributed by atoms with E-state index in [1.807, 2.05) is 18.5 Å². The maximum absolute atomic E-state index is 4.60. The van der Waals surface area contributed by atoms with Crippen molar-refractivity contribution in [2.75, 3.05) is 6.54 Å². The van der Waals surface area contributed by atoms with Gasteiger partial charge in [0.2, 0.25) is 0 Å². The fourth-order valence-electron chi connectivity index (χ4n) is 2.44. The lowest BCUT2D eigenvalue weighted by Crippen LogP contribution is -2.28. The second kappa shape index (κ2) is 7.18. The molecule has 0 bridgehead atoms. The van der Waals surface area contributed by atoms with Crippen molar-refractivity contribution in [1.29, 1.82) is 0 Å². The van der Waals surface area contributed by atoms with E-state index in [1.54, 1.807) is 0 Å². The summed E-state index contributed by atoms with van der Waals surface area (Å²) in [6, 6.07) is 4.43. The zero-order chi connectivity index (χ0) is 15.4. The number of nitrogens with zero attached hydrogens (tertiary/aromatic N) is 3. The van der Waals surface area contributed by atoms with Gasteiger partial charge in [0.15, 0.2) is 0 Å². The van der Waals surface area contributed by atoms with Crippen LogP contribution < -0.4 is 5.32 Å². The van der Waals surface area contributed by atoms with Crippen molar-refractivity contribution >= 4 is 15.9 Å². The molecule has 4 nitrogen and oxygen atoms in total. The Morgan fingerprint density at radius 2 is 2.14 bits per heavy atom. The fourth-order valence-corrected chi connectivity index (χ4v) is 2.95. The molecule has 1 atom stereocenters. The molecule has 5 heteroatoms. The van der Waals surface area contributed by atoms with Crippen molar-refractivity contribution in [1.82, 2.24) is 20.1 Å². The molecule has 0 radical (unpaired) electrons. The van der Waals surface area contributed by atoms with E-state index in [-0.39, 0.29) is 6.04 Å². The van der Waals surface area contributed by atoms with Crippen LogP contribution >= 0.6 is 15.9 Å². The third-order valence-corrected chi connectivity index (χ3v) is 4.08. The maximum Gasteiger partial charge on any atom is 0.0936 e. The standard InChI is InChI=1S/C16H23BrN4/c1-5-8-18-15(14-12(4)7-6-9-19-14)16-13(17)10-20-21(16)11(2)3/h6-7,9-11,15,18H,5,8H2,1-4H3. The van der Waals surface area contributed by atoms with Crippen molar-refractivity contribution in [2.24, 2.45) is 0 Å². The first-order chi connectivity index (χ1) is 10.1. The van der Waals surface area contributed by atoms with E-state index in [0.717, 1.165) is 28.8 Å². The molecule has 1 unspecified atom stereocenters. The van der Waals surface area contributed by atoms with Crippen LogP contribution in [0.5, 0.6) is 0 Å². The predicted molar refractivity (Wildman–Crippen MR) is 89.4 cm³/mol. The minimum absolute atomic E-state index is 0.0467. The summed E-state index contributed by atoms with van der Waals surface area (Å²) in [7, 11) is 0. The third kappa shape index (κ3) is 3.52. The summed E-state index contributed by atoms with van der Waals surface area (Å²) in [5.74, 6) is 0. The number of nitrogens with one attached hydrogen (secondary N) is 1. The Hall–Kier alpha value is -1.20. The van der Waals surface area contributed by atoms with Crippen LogP contribution in [0.2, 0.25) is 0 Å². The van der Waals surface area contributed by atoms with Gasteiger partial charge in [-0.2, -0.15) is 5.10 Å². The summed E-state index contributed by atoms with van der Waals surface area (Å²) in [4.78, 5) is 4.60. The topological polar surface area (TPSA) is 42.7 Å². The number of hydrogen-bond donors (Lipinski definition) is 1. The second-order valence-corrected chi connectivity index (χ2v) is 6.36. The minimum Gasteiger partial charge on any atom is -0.304 e. The van der Waals surface area contributed by atoms with E-state index in [1.165, 1.54) is 5.56 Å². The molecule has 0 aromatic carbocycles. The van der Waals surface area contributed by atoms with Gasteiger partial charge in [0.05, 0.1) is 28.1 Å². The number of rotatable bonds is 6. The molecular weight excluding hydrogens is 328 g/mol. The summed E-state index contributed by atoms with van der Waals surface area (Å²) in [6.45, 7) is 9.50. The lowest BCUT2D eigenvalue weighted by molar-refractivity contribution is 0.466. The Bertz CT molecular complexity index is 592. The number of aromatic nitrogens is 3. The Balaban J connectivity index is 2.51. The molecule has 0 aliphatic heterocycles. The molecule has 2 heterocycles. The summed E-state index contributed by atoms with van der Waals surface area (Å²) in [5, 5.41) is 8.11. The van der Waals surface area contributed by atoms with E-state index in [4.69, 9.17) is 0 Å². The van der Waals surface area contributed by atoms with E-state index in [9.17, 15) is 0 Å². The quantitative estimate of drug-likeness (QED) is 0.855. The molecule has 114 valence electrons. The molecule has 2 aromatic heterocycles. The van der Waals surface area contributed by atoms with Gasteiger partial charge in [-0.15, -0.1) is 0 Å². The van der Waals surface area contributed by atoms with Crippen molar-refractivity contribution < 1.29 is 0 Å². The lowest BCUT2D eigenvalue weighted by atomic mass is 10.0. The highest BCUT2D eigenvalue weighted by atomic mass is 79.9. The van der Waals surface area contributed by atoms with Crippen molar-refractivity contribution in [3.8, 4) is 0 Å². The van der Waals surface area contributed by atoms with Gasteiger partial charge in [-0.25, -0.2) is 0 Å². The van der Waals surface area contributed by atoms with E-state index in [2.05, 4.69) is 69.8 Å². The van der Waals surface area contributed by atoms with Crippen LogP contribution in [0, 0.1) is 6.92 Å². The van der Waals surface area contributed by atoms with Crippen LogP contribution in [0.25, 0.3) is 0 Å². The van der Waals surface area contributed by atoms with Gasteiger partial charge in [-0.05, 0) is 61.3 Å². The molecule has 1 N–H and O–H groups in total. The van der Waals surface area contributed by atoms with Crippen molar-refractivity contribution in [2.45, 2.75) is 46.2 Å². The van der Waals surface area contributed by atoms with Crippen molar-refractivity contribution in [3.05, 3.63) is 46.0 Å². The second-order valence-electron chi connectivity index (χ2n) is 5.51. The van der Waals surface area contributed by atoms with E-state index in [0.29, 0.717) is 6.04 Å². The number of pyridine rings is 1. The molecular formula is C16H23BrN4. The van der Waals surface area contributed by atoms with Gasteiger partial charge < -0.3 is 5.32 Å². The van der Waals surface area contributed by atoms with Crippen LogP contribution in [-0.2, 0) is 0 Å². The third-order valence-electron chi connectivity index (χ3n) is 3.47. The summed E-state index contributed by atoms with van der Waals surface area (Å²) in [6.07, 6.45) is 4.80. The minimum atomic E-state index is 0.0467. The van der Waals surface area contributed by atoms with Crippen LogP contribution in [0.4, 0.5) is 0 Å². The van der Waals surface area contributed by atoms with Crippen LogP contribution in [0.1, 0.15) is 56.2 Å². The molecule has 0 saturated heterocycles. The monoisotopic (exact) mass is 350 g/mol. The molecule has 0 spiro atoms. The van der Waals surface area contributed by atoms with Crippen LogP contribution in [0.15, 0.2) is 29.0 Å². The predicted octanol–water partition coefficient (Wildman–Crippen LogP) is 4.02. The average Bonchev–Trinajstić information content (AvgIpc) is 2.83. The maximum atomic E-state index is 4.60. The molecule has 0 saturated carbocycles. The first-order valence-electron chi connectivity index (χ1n) is 7.44. The average molecular weight is 351 g/mol. The number of aryl methyl sites for hydroxylation is 1. The van der Waals surface area contributed by atoms with Crippen LogP contribution in [0.3, 0.4) is 0 Å². The normalized spacial score (nSPS) is 12.9. The smallest absolute Gasteiger partial charge is 0.0936 e. The molecule has 0 aliphatic carbocycles. The van der Waals surface area contributed by atoms with Gasteiger partial charge in [0.25, 0.3) is 0 Å². The molecule has 2 rings (SSSR count). The summed E-state index contributed by atoms with van der Waals surface area (Å²) >= 11 is 3.65. The fraction of sp³-hybridized carbons (Fsp3) is 0.500. The Labute approximate surface area is 135 Å². The Morgan fingerprint density at radius 1 is 1.38 bits per heavy atom. The molecule has 0 amide bonds. The van der Waals surface area contributed by atoms with E-state index >= 15 is 0 Å². The molecule has 2 aromatic rings. The van der Waals surface area contributed by atoms with Crippen molar-refractivity contribution in [3.63, 3.8) is 0 Å². The molecule has 0 fully saturated rings. The zero-order valence-corrected chi connectivity index (χ0v) is 14.7. The first-order valence-corrected chi connectivity index (χ1v) is 8.23. The molecule has 0 aliphatic rings. The zero-order valence-electron chi connectivity index (χ0n) is 13.1. The van der Waals surface area contributed by atoms with E-state index < -0.39 is 0 Å².